The zero-order valence-corrected chi connectivity index (χ0v) is 12.4. The van der Waals surface area contributed by atoms with E-state index >= 15 is 0 Å². The van der Waals surface area contributed by atoms with Crippen molar-refractivity contribution < 1.29 is 23.7 Å². The molecule has 0 aliphatic rings. The van der Waals surface area contributed by atoms with Crippen molar-refractivity contribution in [3.05, 3.63) is 11.4 Å². The molecular formula is C13H20N2O5. The van der Waals surface area contributed by atoms with Gasteiger partial charge in [-0.15, -0.1) is 0 Å². The molecule has 0 bridgehead atoms. The molecule has 1 rings (SSSR count). The van der Waals surface area contributed by atoms with Crippen molar-refractivity contribution in [2.24, 2.45) is 5.92 Å². The number of esters is 2. The molecule has 0 aromatic carbocycles. The van der Waals surface area contributed by atoms with E-state index in [4.69, 9.17) is 9.47 Å². The highest BCUT2D eigenvalue weighted by Gasteiger charge is 2.33. The fraction of sp³-hybridized carbons (Fsp3) is 0.692. The zero-order chi connectivity index (χ0) is 15.3. The standard InChI is InChI=1S/C13H20N2O5/c1-7(2)18-12(16)10(13(17)19-8(3)4)6-11-9(5)14-20-15-11/h7-8,10H,6H2,1-5H3. The molecule has 0 atom stereocenters. The van der Waals surface area contributed by atoms with E-state index in [9.17, 15) is 9.59 Å². The third kappa shape index (κ3) is 4.64. The van der Waals surface area contributed by atoms with Crippen LogP contribution in [0, 0.1) is 12.8 Å². The Balaban J connectivity index is 2.86. The van der Waals surface area contributed by atoms with E-state index in [1.807, 2.05) is 0 Å². The highest BCUT2D eigenvalue weighted by molar-refractivity contribution is 5.95. The van der Waals surface area contributed by atoms with Crippen molar-refractivity contribution in [2.75, 3.05) is 0 Å². The van der Waals surface area contributed by atoms with Gasteiger partial charge >= 0.3 is 11.9 Å². The quantitative estimate of drug-likeness (QED) is 0.576. The van der Waals surface area contributed by atoms with Crippen LogP contribution in [0.1, 0.15) is 39.1 Å². The zero-order valence-electron chi connectivity index (χ0n) is 12.4. The smallest absolute Gasteiger partial charge is 0.320 e. The first-order valence-electron chi connectivity index (χ1n) is 6.50. The summed E-state index contributed by atoms with van der Waals surface area (Å²) in [6.45, 7) is 8.54. The van der Waals surface area contributed by atoms with Gasteiger partial charge in [-0.3, -0.25) is 9.59 Å². The lowest BCUT2D eigenvalue weighted by Gasteiger charge is -2.17. The number of aromatic nitrogens is 2. The van der Waals surface area contributed by atoms with Gasteiger partial charge in [-0.05, 0) is 34.6 Å². The van der Waals surface area contributed by atoms with Crippen LogP contribution >= 0.6 is 0 Å². The topological polar surface area (TPSA) is 91.5 Å². The molecule has 1 aromatic heterocycles. The minimum absolute atomic E-state index is 0.0481. The summed E-state index contributed by atoms with van der Waals surface area (Å²) in [4.78, 5) is 24.0. The molecule has 0 unspecified atom stereocenters. The van der Waals surface area contributed by atoms with Crippen molar-refractivity contribution in [3.8, 4) is 0 Å². The second-order valence-corrected chi connectivity index (χ2v) is 5.02. The summed E-state index contributed by atoms with van der Waals surface area (Å²) in [6, 6.07) is 0. The molecule has 0 amide bonds. The summed E-state index contributed by atoms with van der Waals surface area (Å²) < 4.78 is 14.7. The molecule has 1 heterocycles. The molecular weight excluding hydrogens is 264 g/mol. The predicted octanol–water partition coefficient (Wildman–Crippen LogP) is 1.44. The van der Waals surface area contributed by atoms with Crippen LogP contribution in [0.3, 0.4) is 0 Å². The molecule has 0 spiro atoms. The molecule has 0 saturated carbocycles. The summed E-state index contributed by atoms with van der Waals surface area (Å²) in [6.07, 6.45) is -0.575. The summed E-state index contributed by atoms with van der Waals surface area (Å²) in [5, 5.41) is 7.30. The fourth-order valence-corrected chi connectivity index (χ4v) is 1.52. The SMILES string of the molecule is Cc1nonc1CC(C(=O)OC(C)C)C(=O)OC(C)C. The van der Waals surface area contributed by atoms with Crippen molar-refractivity contribution in [3.63, 3.8) is 0 Å². The van der Waals surface area contributed by atoms with E-state index in [2.05, 4.69) is 14.9 Å². The van der Waals surface area contributed by atoms with E-state index in [1.54, 1.807) is 34.6 Å². The van der Waals surface area contributed by atoms with Gasteiger partial charge in [0.2, 0.25) is 0 Å². The number of carbonyl (C=O) groups excluding carboxylic acids is 2. The Morgan fingerprint density at radius 1 is 1.05 bits per heavy atom. The Bertz CT molecular complexity index is 445. The van der Waals surface area contributed by atoms with Gasteiger partial charge in [0.25, 0.3) is 0 Å². The van der Waals surface area contributed by atoms with E-state index < -0.39 is 17.9 Å². The van der Waals surface area contributed by atoms with Gasteiger partial charge < -0.3 is 9.47 Å². The van der Waals surface area contributed by atoms with Gasteiger partial charge in [-0.25, -0.2) is 4.63 Å². The molecule has 0 radical (unpaired) electrons. The van der Waals surface area contributed by atoms with E-state index in [-0.39, 0.29) is 18.6 Å². The fourth-order valence-electron chi connectivity index (χ4n) is 1.52. The summed E-state index contributed by atoms with van der Waals surface area (Å²) >= 11 is 0. The Labute approximate surface area is 117 Å². The van der Waals surface area contributed by atoms with Gasteiger partial charge in [0.05, 0.1) is 12.2 Å². The number of aryl methyl sites for hydroxylation is 1. The second-order valence-electron chi connectivity index (χ2n) is 5.02. The largest absolute Gasteiger partial charge is 0.462 e. The minimum atomic E-state index is -1.06. The maximum atomic E-state index is 12.0. The lowest BCUT2D eigenvalue weighted by atomic mass is 10.0. The van der Waals surface area contributed by atoms with E-state index in [1.165, 1.54) is 0 Å². The number of nitrogens with zero attached hydrogens (tertiary/aromatic N) is 2. The molecule has 7 nitrogen and oxygen atoms in total. The van der Waals surface area contributed by atoms with Crippen LogP contribution in [0.25, 0.3) is 0 Å². The van der Waals surface area contributed by atoms with E-state index in [0.717, 1.165) is 0 Å². The molecule has 1 aromatic rings. The minimum Gasteiger partial charge on any atom is -0.462 e. The van der Waals surface area contributed by atoms with Crippen LogP contribution in [0.15, 0.2) is 4.63 Å². The van der Waals surface area contributed by atoms with Gasteiger partial charge in [0, 0.05) is 6.42 Å². The van der Waals surface area contributed by atoms with Crippen LogP contribution in [0.2, 0.25) is 0 Å². The Hall–Kier alpha value is -1.92. The number of rotatable bonds is 6. The maximum Gasteiger partial charge on any atom is 0.320 e. The van der Waals surface area contributed by atoms with Gasteiger partial charge in [-0.2, -0.15) is 0 Å². The van der Waals surface area contributed by atoms with Crippen LogP contribution in [-0.4, -0.2) is 34.5 Å². The maximum absolute atomic E-state index is 12.0. The molecule has 0 aliphatic heterocycles. The molecule has 7 heteroatoms. The Kier molecular flexibility index (Phi) is 5.66. The van der Waals surface area contributed by atoms with E-state index in [0.29, 0.717) is 11.4 Å². The van der Waals surface area contributed by atoms with Crippen molar-refractivity contribution in [1.29, 1.82) is 0 Å². The Morgan fingerprint density at radius 3 is 1.90 bits per heavy atom. The van der Waals surface area contributed by atoms with Crippen LogP contribution in [0.4, 0.5) is 0 Å². The number of hydrogen-bond donors (Lipinski definition) is 0. The first-order valence-corrected chi connectivity index (χ1v) is 6.50. The average Bonchev–Trinajstić information content (AvgIpc) is 2.69. The second kappa shape index (κ2) is 7.02. The molecule has 0 saturated heterocycles. The third-order valence-corrected chi connectivity index (χ3v) is 2.42. The van der Waals surface area contributed by atoms with Gasteiger partial charge in [0.1, 0.15) is 11.4 Å². The first-order chi connectivity index (χ1) is 9.31. The highest BCUT2D eigenvalue weighted by Crippen LogP contribution is 2.15. The first kappa shape index (κ1) is 16.1. The lowest BCUT2D eigenvalue weighted by molar-refractivity contribution is -0.166. The number of carbonyl (C=O) groups is 2. The predicted molar refractivity (Wildman–Crippen MR) is 68.7 cm³/mol. The van der Waals surface area contributed by atoms with Crippen molar-refractivity contribution >= 4 is 11.9 Å². The monoisotopic (exact) mass is 284 g/mol. The summed E-state index contributed by atoms with van der Waals surface area (Å²) in [5.74, 6) is -2.33. The van der Waals surface area contributed by atoms with Crippen LogP contribution < -0.4 is 0 Å². The highest BCUT2D eigenvalue weighted by atomic mass is 16.6. The third-order valence-electron chi connectivity index (χ3n) is 2.42. The normalized spacial score (nSPS) is 11.2. The molecule has 0 aliphatic carbocycles. The molecule has 20 heavy (non-hydrogen) atoms. The van der Waals surface area contributed by atoms with Crippen LogP contribution in [-0.2, 0) is 25.5 Å². The molecule has 112 valence electrons. The summed E-state index contributed by atoms with van der Waals surface area (Å²) in [5.41, 5.74) is 0.973. The van der Waals surface area contributed by atoms with Crippen LogP contribution in [0.5, 0.6) is 0 Å². The van der Waals surface area contributed by atoms with Gasteiger partial charge in [-0.1, -0.05) is 10.3 Å². The lowest BCUT2D eigenvalue weighted by Crippen LogP contribution is -2.33. The summed E-state index contributed by atoms with van der Waals surface area (Å²) in [7, 11) is 0. The number of ether oxygens (including phenoxy) is 2. The Morgan fingerprint density at radius 2 is 1.55 bits per heavy atom. The average molecular weight is 284 g/mol. The molecule has 0 fully saturated rings. The van der Waals surface area contributed by atoms with Gasteiger partial charge in [0.15, 0.2) is 5.92 Å². The van der Waals surface area contributed by atoms with Crippen molar-refractivity contribution in [1.82, 2.24) is 10.3 Å². The molecule has 0 N–H and O–H groups in total. The number of hydrogen-bond acceptors (Lipinski definition) is 7. The van der Waals surface area contributed by atoms with Crippen molar-refractivity contribution in [2.45, 2.75) is 53.2 Å².